The summed E-state index contributed by atoms with van der Waals surface area (Å²) in [5.41, 5.74) is 1.84. The molecule has 1 aliphatic heterocycles. The quantitative estimate of drug-likeness (QED) is 0.864. The second-order valence-corrected chi connectivity index (χ2v) is 7.01. The van der Waals surface area contributed by atoms with E-state index in [-0.39, 0.29) is 10.9 Å². The molecule has 0 atom stereocenters. The number of amides is 1. The third-order valence-electron chi connectivity index (χ3n) is 4.25. The summed E-state index contributed by atoms with van der Waals surface area (Å²) in [7, 11) is 7.66. The van der Waals surface area contributed by atoms with Gasteiger partial charge in [-0.2, -0.15) is 4.98 Å². The summed E-state index contributed by atoms with van der Waals surface area (Å²) < 4.78 is 0. The molecule has 1 amide bonds. The molecule has 3 rings (SSSR count). The number of nitrogens with one attached hydrogen (secondary N) is 1. The molecule has 0 bridgehead atoms. The van der Waals surface area contributed by atoms with Crippen molar-refractivity contribution < 1.29 is 4.79 Å². The second kappa shape index (κ2) is 6.95. The maximum Gasteiger partial charge on any atom is 0.266 e. The zero-order valence-electron chi connectivity index (χ0n) is 15.2. The monoisotopic (exact) mass is 376 g/mol. The van der Waals surface area contributed by atoms with E-state index < -0.39 is 5.56 Å². The Morgan fingerprint density at radius 1 is 1.23 bits per heavy atom. The van der Waals surface area contributed by atoms with Gasteiger partial charge in [0.2, 0.25) is 5.95 Å². The zero-order valence-corrected chi connectivity index (χ0v) is 16.0. The average molecular weight is 377 g/mol. The van der Waals surface area contributed by atoms with Crippen LogP contribution >= 0.6 is 11.6 Å². The number of hydrogen-bond acceptors (Lipinski definition) is 6. The van der Waals surface area contributed by atoms with E-state index in [4.69, 9.17) is 11.6 Å². The Bertz CT molecular complexity index is 909. The molecule has 8 nitrogen and oxygen atoms in total. The van der Waals surface area contributed by atoms with Crippen LogP contribution in [0.5, 0.6) is 0 Å². The Labute approximate surface area is 156 Å². The van der Waals surface area contributed by atoms with E-state index in [0.29, 0.717) is 31.0 Å². The van der Waals surface area contributed by atoms with E-state index in [1.54, 1.807) is 4.90 Å². The number of rotatable bonds is 3. The van der Waals surface area contributed by atoms with Crippen molar-refractivity contribution in [1.82, 2.24) is 19.9 Å². The predicted octanol–water partition coefficient (Wildman–Crippen LogP) is 1.15. The van der Waals surface area contributed by atoms with E-state index in [9.17, 15) is 9.59 Å². The van der Waals surface area contributed by atoms with Gasteiger partial charge in [-0.15, -0.1) is 0 Å². The third-order valence-corrected chi connectivity index (χ3v) is 4.53. The Morgan fingerprint density at radius 3 is 2.58 bits per heavy atom. The first-order chi connectivity index (χ1) is 12.3. The van der Waals surface area contributed by atoms with Gasteiger partial charge in [-0.1, -0.05) is 11.6 Å². The number of aromatic amines is 1. The molecule has 0 fully saturated rings. The van der Waals surface area contributed by atoms with Gasteiger partial charge in [0.05, 0.1) is 17.8 Å². The summed E-state index contributed by atoms with van der Waals surface area (Å²) >= 11 is 5.84. The molecule has 0 unspecified atom stereocenters. The van der Waals surface area contributed by atoms with Crippen LogP contribution in [0.3, 0.4) is 0 Å². The molecule has 138 valence electrons. The molecular formula is C17H21ClN6O2. The Hall–Kier alpha value is -2.61. The Balaban J connectivity index is 1.94. The summed E-state index contributed by atoms with van der Waals surface area (Å²) in [6.45, 7) is 0.934. The number of pyridine rings is 1. The Morgan fingerprint density at radius 2 is 1.96 bits per heavy atom. The van der Waals surface area contributed by atoms with Gasteiger partial charge in [0.15, 0.2) is 0 Å². The smallest absolute Gasteiger partial charge is 0.266 e. The van der Waals surface area contributed by atoms with Gasteiger partial charge in [0, 0.05) is 46.5 Å². The minimum Gasteiger partial charge on any atom is -0.362 e. The molecule has 26 heavy (non-hydrogen) atoms. The molecule has 1 aliphatic rings. The molecule has 0 spiro atoms. The highest BCUT2D eigenvalue weighted by atomic mass is 35.5. The lowest BCUT2D eigenvalue weighted by atomic mass is 10.0. The molecule has 3 heterocycles. The van der Waals surface area contributed by atoms with Gasteiger partial charge >= 0.3 is 0 Å². The van der Waals surface area contributed by atoms with Crippen molar-refractivity contribution in [3.8, 4) is 0 Å². The number of aromatic nitrogens is 3. The number of halogens is 1. The van der Waals surface area contributed by atoms with Crippen LogP contribution in [0.2, 0.25) is 5.02 Å². The topological polar surface area (TPSA) is 85.4 Å². The lowest BCUT2D eigenvalue weighted by molar-refractivity contribution is 0.0731. The first-order valence-electron chi connectivity index (χ1n) is 8.20. The molecule has 0 aromatic carbocycles. The highest BCUT2D eigenvalue weighted by Crippen LogP contribution is 2.28. The van der Waals surface area contributed by atoms with E-state index in [1.807, 2.05) is 38.0 Å². The van der Waals surface area contributed by atoms with Gasteiger partial charge in [0.1, 0.15) is 10.8 Å². The predicted molar refractivity (Wildman–Crippen MR) is 101 cm³/mol. The lowest BCUT2D eigenvalue weighted by Gasteiger charge is -2.31. The van der Waals surface area contributed by atoms with Crippen molar-refractivity contribution in [1.29, 1.82) is 0 Å². The van der Waals surface area contributed by atoms with Crippen LogP contribution in [-0.4, -0.2) is 60.5 Å². The molecule has 2 aromatic heterocycles. The summed E-state index contributed by atoms with van der Waals surface area (Å²) in [5.74, 6) is 1.29. The van der Waals surface area contributed by atoms with Gasteiger partial charge < -0.3 is 19.7 Å². The summed E-state index contributed by atoms with van der Waals surface area (Å²) in [6, 6.07) is 1.40. The van der Waals surface area contributed by atoms with Crippen LogP contribution in [-0.2, 0) is 13.0 Å². The molecule has 0 saturated carbocycles. The Kier molecular flexibility index (Phi) is 4.86. The van der Waals surface area contributed by atoms with Gasteiger partial charge in [-0.05, 0) is 12.5 Å². The summed E-state index contributed by atoms with van der Waals surface area (Å²) in [6.07, 6.45) is 2.06. The number of nitrogens with zero attached hydrogens (tertiary/aromatic N) is 5. The number of hydrogen-bond donors (Lipinski definition) is 1. The van der Waals surface area contributed by atoms with Crippen molar-refractivity contribution in [2.24, 2.45) is 0 Å². The van der Waals surface area contributed by atoms with Crippen LogP contribution in [0.4, 0.5) is 11.8 Å². The number of carbonyl (C=O) groups excluding carboxylic acids is 1. The van der Waals surface area contributed by atoms with Gasteiger partial charge in [0.25, 0.3) is 11.5 Å². The molecule has 2 aromatic rings. The number of anilines is 2. The fraction of sp³-hybridized carbons (Fsp3) is 0.412. The molecule has 1 N–H and O–H groups in total. The van der Waals surface area contributed by atoms with Crippen LogP contribution in [0.1, 0.15) is 21.6 Å². The van der Waals surface area contributed by atoms with Crippen LogP contribution < -0.4 is 15.4 Å². The largest absolute Gasteiger partial charge is 0.362 e. The summed E-state index contributed by atoms with van der Waals surface area (Å²) in [4.78, 5) is 41.4. The summed E-state index contributed by atoms with van der Waals surface area (Å²) in [5, 5.41) is 0.000345. The maximum atomic E-state index is 12.8. The van der Waals surface area contributed by atoms with Crippen LogP contribution in [0.25, 0.3) is 0 Å². The lowest BCUT2D eigenvalue weighted by Crippen LogP contribution is -2.38. The molecule has 0 saturated heterocycles. The van der Waals surface area contributed by atoms with E-state index >= 15 is 0 Å². The van der Waals surface area contributed by atoms with Gasteiger partial charge in [-0.3, -0.25) is 9.59 Å². The minimum absolute atomic E-state index is 0.000345. The SMILES string of the molecule is CN(C)c1nc2c(c(N(C)C)n1)CCN(C(=O)c1c[nH]c(=O)c(Cl)c1)C2. The third kappa shape index (κ3) is 3.37. The first-order valence-corrected chi connectivity index (χ1v) is 8.57. The standard InChI is InChI=1S/C17H21ClN6O2/c1-22(2)14-11-5-6-24(9-13(11)20-17(21-14)23(3)4)16(26)10-7-12(18)15(25)19-8-10/h7-8H,5-6,9H2,1-4H3,(H,19,25). The number of fused-ring (bicyclic) bond motifs is 1. The maximum absolute atomic E-state index is 12.8. The normalized spacial score (nSPS) is 13.3. The fourth-order valence-corrected chi connectivity index (χ4v) is 3.08. The van der Waals surface area contributed by atoms with Crippen LogP contribution in [0.15, 0.2) is 17.1 Å². The van der Waals surface area contributed by atoms with E-state index in [2.05, 4.69) is 15.0 Å². The average Bonchev–Trinajstić information content (AvgIpc) is 2.61. The van der Waals surface area contributed by atoms with E-state index in [1.165, 1.54) is 12.3 Å². The van der Waals surface area contributed by atoms with Crippen molar-refractivity contribution in [2.45, 2.75) is 13.0 Å². The second-order valence-electron chi connectivity index (χ2n) is 6.60. The van der Waals surface area contributed by atoms with Crippen molar-refractivity contribution in [3.05, 3.63) is 44.5 Å². The van der Waals surface area contributed by atoms with Gasteiger partial charge in [-0.25, -0.2) is 4.98 Å². The molecular weight excluding hydrogens is 356 g/mol. The van der Waals surface area contributed by atoms with E-state index in [0.717, 1.165) is 17.1 Å². The molecule has 0 aliphatic carbocycles. The van der Waals surface area contributed by atoms with Crippen molar-refractivity contribution >= 4 is 29.3 Å². The molecule has 0 radical (unpaired) electrons. The van der Waals surface area contributed by atoms with Crippen molar-refractivity contribution in [2.75, 3.05) is 44.5 Å². The fourth-order valence-electron chi connectivity index (χ4n) is 2.90. The minimum atomic E-state index is -0.411. The number of H-pyrrole nitrogens is 1. The highest BCUT2D eigenvalue weighted by molar-refractivity contribution is 6.30. The van der Waals surface area contributed by atoms with Crippen LogP contribution in [0, 0.1) is 0 Å². The zero-order chi connectivity index (χ0) is 19.0. The van der Waals surface area contributed by atoms with Crippen molar-refractivity contribution in [3.63, 3.8) is 0 Å². The molecule has 9 heteroatoms. The highest BCUT2D eigenvalue weighted by Gasteiger charge is 2.27. The first kappa shape index (κ1) is 18.2. The number of carbonyl (C=O) groups is 1.